The third kappa shape index (κ3) is 3.07. The summed E-state index contributed by atoms with van der Waals surface area (Å²) in [5.41, 5.74) is 0. The highest BCUT2D eigenvalue weighted by Gasteiger charge is 2.16. The molecule has 0 atom stereocenters. The van der Waals surface area contributed by atoms with Crippen molar-refractivity contribution in [2.75, 3.05) is 45.2 Å². The Kier molecular flexibility index (Phi) is 4.17. The van der Waals surface area contributed by atoms with Crippen molar-refractivity contribution in [2.24, 2.45) is 0 Å². The predicted molar refractivity (Wildman–Crippen MR) is 70.6 cm³/mol. The molecule has 0 saturated carbocycles. The molecule has 1 aromatic heterocycles. The lowest BCUT2D eigenvalue weighted by Gasteiger charge is -2.20. The summed E-state index contributed by atoms with van der Waals surface area (Å²) in [6, 6.07) is 0. The van der Waals surface area contributed by atoms with Crippen molar-refractivity contribution in [2.45, 2.75) is 6.42 Å². The van der Waals surface area contributed by atoms with Gasteiger partial charge in [0.2, 0.25) is 11.8 Å². The van der Waals surface area contributed by atoms with E-state index in [2.05, 4.69) is 42.7 Å². The fourth-order valence-corrected chi connectivity index (χ4v) is 2.24. The molecule has 2 heterocycles. The van der Waals surface area contributed by atoms with Crippen LogP contribution in [0.2, 0.25) is 0 Å². The van der Waals surface area contributed by atoms with Crippen LogP contribution in [0.15, 0.2) is 10.7 Å². The maximum atomic E-state index is 5.19. The van der Waals surface area contributed by atoms with Crippen molar-refractivity contribution < 1.29 is 4.74 Å². The molecule has 0 unspecified atom stereocenters. The summed E-state index contributed by atoms with van der Waals surface area (Å²) >= 11 is 3.36. The van der Waals surface area contributed by atoms with E-state index in [1.54, 1.807) is 13.3 Å². The summed E-state index contributed by atoms with van der Waals surface area (Å²) in [7, 11) is 3.76. The molecule has 1 fully saturated rings. The van der Waals surface area contributed by atoms with Gasteiger partial charge in [-0.3, -0.25) is 0 Å². The number of hydrogen-bond acceptors (Lipinski definition) is 5. The van der Waals surface area contributed by atoms with E-state index < -0.39 is 0 Å². The van der Waals surface area contributed by atoms with Crippen LogP contribution < -0.4 is 9.64 Å². The first-order chi connectivity index (χ1) is 8.20. The van der Waals surface area contributed by atoms with Gasteiger partial charge in [0.15, 0.2) is 0 Å². The topological polar surface area (TPSA) is 41.5 Å². The zero-order valence-electron chi connectivity index (χ0n) is 10.2. The first-order valence-corrected chi connectivity index (χ1v) is 6.50. The number of likely N-dealkylation sites (N-methyl/N-ethyl adjacent to an activating group) is 1. The molecule has 0 spiro atoms. The average Bonchev–Trinajstić information content (AvgIpc) is 2.55. The summed E-state index contributed by atoms with van der Waals surface area (Å²) < 4.78 is 5.98. The van der Waals surface area contributed by atoms with Gasteiger partial charge in [0, 0.05) is 19.6 Å². The monoisotopic (exact) mass is 300 g/mol. The van der Waals surface area contributed by atoms with Crippen LogP contribution in [0.1, 0.15) is 6.42 Å². The van der Waals surface area contributed by atoms with Crippen molar-refractivity contribution in [3.63, 3.8) is 0 Å². The fraction of sp³-hybridized carbons (Fsp3) is 0.636. The second-order valence-electron chi connectivity index (χ2n) is 4.17. The molecule has 0 aliphatic carbocycles. The van der Waals surface area contributed by atoms with Crippen LogP contribution in [0.3, 0.4) is 0 Å². The Labute approximate surface area is 110 Å². The minimum absolute atomic E-state index is 0.590. The Hall–Kier alpha value is -0.880. The molecule has 1 aliphatic rings. The Morgan fingerprint density at radius 2 is 2.12 bits per heavy atom. The number of methoxy groups -OCH3 is 1. The van der Waals surface area contributed by atoms with Gasteiger partial charge >= 0.3 is 0 Å². The van der Waals surface area contributed by atoms with Gasteiger partial charge in [-0.15, -0.1) is 0 Å². The second-order valence-corrected chi connectivity index (χ2v) is 5.03. The number of hydrogen-bond donors (Lipinski definition) is 0. The number of nitrogens with zero attached hydrogens (tertiary/aromatic N) is 4. The maximum absolute atomic E-state index is 5.19. The third-order valence-corrected chi connectivity index (χ3v) is 3.44. The first kappa shape index (κ1) is 12.6. The molecule has 1 saturated heterocycles. The summed E-state index contributed by atoms with van der Waals surface area (Å²) in [6.07, 6.45) is 2.88. The normalized spacial score (nSPS) is 17.9. The van der Waals surface area contributed by atoms with E-state index in [4.69, 9.17) is 4.74 Å². The van der Waals surface area contributed by atoms with E-state index >= 15 is 0 Å². The zero-order valence-corrected chi connectivity index (χ0v) is 11.8. The molecule has 17 heavy (non-hydrogen) atoms. The molecule has 0 N–H and O–H groups in total. The van der Waals surface area contributed by atoms with E-state index in [1.165, 1.54) is 0 Å². The smallest absolute Gasteiger partial charge is 0.232 e. The summed E-state index contributed by atoms with van der Waals surface area (Å²) in [4.78, 5) is 13.3. The van der Waals surface area contributed by atoms with Gasteiger partial charge in [-0.2, -0.15) is 4.98 Å². The van der Waals surface area contributed by atoms with Crippen molar-refractivity contribution in [3.8, 4) is 5.88 Å². The number of rotatable bonds is 2. The molecule has 0 amide bonds. The number of ether oxygens (including phenoxy) is 1. The van der Waals surface area contributed by atoms with Crippen molar-refractivity contribution in [1.82, 2.24) is 14.9 Å². The van der Waals surface area contributed by atoms with Gasteiger partial charge in [0.1, 0.15) is 0 Å². The SMILES string of the molecule is COc1nc(N2CCCN(C)CC2)ncc1Br. The predicted octanol–water partition coefficient (Wildman–Crippen LogP) is 1.39. The molecule has 0 radical (unpaired) electrons. The number of anilines is 1. The molecule has 5 nitrogen and oxygen atoms in total. The summed E-state index contributed by atoms with van der Waals surface area (Å²) in [5.74, 6) is 1.34. The summed E-state index contributed by atoms with van der Waals surface area (Å²) in [5, 5.41) is 0. The number of aromatic nitrogens is 2. The van der Waals surface area contributed by atoms with E-state index in [0.29, 0.717) is 5.88 Å². The van der Waals surface area contributed by atoms with Gasteiger partial charge in [-0.25, -0.2) is 4.98 Å². The van der Waals surface area contributed by atoms with E-state index in [9.17, 15) is 0 Å². The van der Waals surface area contributed by atoms with E-state index in [0.717, 1.165) is 43.0 Å². The minimum Gasteiger partial charge on any atom is -0.480 e. The number of halogens is 1. The van der Waals surface area contributed by atoms with Gasteiger partial charge in [0.25, 0.3) is 0 Å². The Morgan fingerprint density at radius 3 is 2.88 bits per heavy atom. The van der Waals surface area contributed by atoms with Crippen LogP contribution in [0.5, 0.6) is 5.88 Å². The van der Waals surface area contributed by atoms with Crippen molar-refractivity contribution in [1.29, 1.82) is 0 Å². The van der Waals surface area contributed by atoms with E-state index in [1.807, 2.05) is 0 Å². The highest BCUT2D eigenvalue weighted by atomic mass is 79.9. The van der Waals surface area contributed by atoms with Gasteiger partial charge in [0.05, 0.1) is 17.8 Å². The van der Waals surface area contributed by atoms with Crippen LogP contribution in [-0.4, -0.2) is 55.2 Å². The van der Waals surface area contributed by atoms with Gasteiger partial charge < -0.3 is 14.5 Å². The minimum atomic E-state index is 0.590. The van der Waals surface area contributed by atoms with Crippen LogP contribution in [0.25, 0.3) is 0 Å². The maximum Gasteiger partial charge on any atom is 0.232 e. The lowest BCUT2D eigenvalue weighted by Crippen LogP contribution is -2.30. The van der Waals surface area contributed by atoms with Crippen molar-refractivity contribution in [3.05, 3.63) is 10.7 Å². The fourth-order valence-electron chi connectivity index (χ4n) is 1.88. The lowest BCUT2D eigenvalue weighted by molar-refractivity contribution is 0.359. The summed E-state index contributed by atoms with van der Waals surface area (Å²) in [6.45, 7) is 4.13. The molecule has 0 bridgehead atoms. The molecular formula is C11H17BrN4O. The van der Waals surface area contributed by atoms with Gasteiger partial charge in [-0.05, 0) is 35.9 Å². The third-order valence-electron chi connectivity index (χ3n) is 2.89. The highest BCUT2D eigenvalue weighted by Crippen LogP contribution is 2.23. The van der Waals surface area contributed by atoms with Gasteiger partial charge in [-0.1, -0.05) is 0 Å². The molecule has 1 aromatic rings. The highest BCUT2D eigenvalue weighted by molar-refractivity contribution is 9.10. The Morgan fingerprint density at radius 1 is 1.29 bits per heavy atom. The molecule has 2 rings (SSSR count). The first-order valence-electron chi connectivity index (χ1n) is 5.70. The Balaban J connectivity index is 2.15. The molecular weight excluding hydrogens is 284 g/mol. The molecule has 1 aliphatic heterocycles. The van der Waals surface area contributed by atoms with Crippen LogP contribution in [0.4, 0.5) is 5.95 Å². The van der Waals surface area contributed by atoms with Crippen molar-refractivity contribution >= 4 is 21.9 Å². The van der Waals surface area contributed by atoms with E-state index in [-0.39, 0.29) is 0 Å². The van der Waals surface area contributed by atoms with Crippen LogP contribution in [-0.2, 0) is 0 Å². The zero-order chi connectivity index (χ0) is 12.3. The lowest BCUT2D eigenvalue weighted by atomic mass is 10.4. The quantitative estimate of drug-likeness (QED) is 0.826. The Bertz CT molecular complexity index is 388. The van der Waals surface area contributed by atoms with Crippen LogP contribution >= 0.6 is 15.9 Å². The largest absolute Gasteiger partial charge is 0.480 e. The molecule has 0 aromatic carbocycles. The second kappa shape index (κ2) is 5.64. The molecule has 6 heteroatoms. The average molecular weight is 301 g/mol. The molecule has 94 valence electrons. The van der Waals surface area contributed by atoms with Crippen LogP contribution in [0, 0.1) is 0 Å². The standard InChI is InChI=1S/C11H17BrN4O/c1-15-4-3-5-16(7-6-15)11-13-8-9(12)10(14-11)17-2/h8H,3-7H2,1-2H3.